The van der Waals surface area contributed by atoms with Crippen molar-refractivity contribution in [2.24, 2.45) is 0 Å². The van der Waals surface area contributed by atoms with Crippen molar-refractivity contribution in [3.63, 3.8) is 0 Å². The molecule has 0 atom stereocenters. The topological polar surface area (TPSA) is 93.8 Å². The molecule has 7 nitrogen and oxygen atoms in total. The fourth-order valence-electron chi connectivity index (χ4n) is 1.71. The van der Waals surface area contributed by atoms with Crippen LogP contribution in [-0.4, -0.2) is 32.6 Å². The highest BCUT2D eigenvalue weighted by atomic mass is 35.5. The molecule has 0 aliphatic heterocycles. The largest absolute Gasteiger partial charge is 0.417 e. The maximum absolute atomic E-state index is 12.0. The number of halogens is 1. The molecule has 1 N–H and O–H groups in total. The van der Waals surface area contributed by atoms with Crippen molar-refractivity contribution in [2.75, 3.05) is 11.6 Å². The summed E-state index contributed by atoms with van der Waals surface area (Å²) in [5, 5.41) is 18.9. The fourth-order valence-corrected chi connectivity index (χ4v) is 3.08. The average Bonchev–Trinajstić information content (AvgIpc) is 3.19. The second kappa shape index (κ2) is 7.07. The summed E-state index contributed by atoms with van der Waals surface area (Å²) in [6.45, 7) is 0. The maximum atomic E-state index is 12.0. The smallest absolute Gasteiger partial charge is 0.315 e. The third kappa shape index (κ3) is 3.87. The van der Waals surface area contributed by atoms with Gasteiger partial charge in [0.05, 0.1) is 6.42 Å². The van der Waals surface area contributed by atoms with Gasteiger partial charge in [0, 0.05) is 5.02 Å². The fraction of sp³-hybridized carbons (Fsp3) is 0.154. The van der Waals surface area contributed by atoms with E-state index >= 15 is 0 Å². The van der Waals surface area contributed by atoms with Crippen molar-refractivity contribution in [3.8, 4) is 0 Å². The molecular weight excluding hydrogens is 358 g/mol. The highest BCUT2D eigenvalue weighted by Gasteiger charge is 2.17. The number of hydrogen-bond acceptors (Lipinski definition) is 8. The van der Waals surface area contributed by atoms with E-state index in [0.29, 0.717) is 22.5 Å². The Balaban J connectivity index is 1.68. The first-order valence-electron chi connectivity index (χ1n) is 6.40. The Kier molecular flexibility index (Phi) is 4.89. The number of carbonyl (C=O) groups is 1. The molecule has 23 heavy (non-hydrogen) atoms. The Labute approximate surface area is 144 Å². The zero-order chi connectivity index (χ0) is 16.2. The third-order valence-electron chi connectivity index (χ3n) is 2.76. The van der Waals surface area contributed by atoms with Crippen LogP contribution in [0.4, 0.5) is 5.13 Å². The summed E-state index contributed by atoms with van der Waals surface area (Å²) in [5.74, 6) is -0.343. The van der Waals surface area contributed by atoms with Gasteiger partial charge in [-0.25, -0.2) is 0 Å². The number of carbonyl (C=O) groups excluding carboxylic acids is 1. The number of amides is 1. The number of hydrogen-bond donors (Lipinski definition) is 1. The Morgan fingerprint density at radius 2 is 2.13 bits per heavy atom. The number of anilines is 1. The van der Waals surface area contributed by atoms with Gasteiger partial charge in [0.2, 0.25) is 11.0 Å². The zero-order valence-corrected chi connectivity index (χ0v) is 14.2. The van der Waals surface area contributed by atoms with E-state index in [4.69, 9.17) is 16.0 Å². The molecular formula is C13H10ClN5O2S2. The molecule has 0 aliphatic carbocycles. The van der Waals surface area contributed by atoms with E-state index in [0.717, 1.165) is 9.90 Å². The number of thioether (sulfide) groups is 1. The minimum Gasteiger partial charge on any atom is -0.417 e. The van der Waals surface area contributed by atoms with E-state index < -0.39 is 5.91 Å². The Hall–Kier alpha value is -1.97. The first-order chi connectivity index (χ1) is 11.2. The number of nitrogens with one attached hydrogen (secondary N) is 1. The van der Waals surface area contributed by atoms with Crippen LogP contribution in [0.2, 0.25) is 5.02 Å². The van der Waals surface area contributed by atoms with Crippen LogP contribution in [-0.2, 0) is 6.42 Å². The number of nitrogens with zero attached hydrogens (tertiary/aromatic N) is 4. The molecule has 0 saturated heterocycles. The molecule has 2 heterocycles. The molecule has 1 amide bonds. The van der Waals surface area contributed by atoms with Gasteiger partial charge in [0.25, 0.3) is 0 Å². The lowest BCUT2D eigenvalue weighted by molar-refractivity contribution is 0.0988. The van der Waals surface area contributed by atoms with E-state index in [1.165, 1.54) is 23.1 Å². The van der Waals surface area contributed by atoms with Gasteiger partial charge in [-0.3, -0.25) is 10.1 Å². The van der Waals surface area contributed by atoms with Crippen molar-refractivity contribution in [3.05, 3.63) is 46.6 Å². The summed E-state index contributed by atoms with van der Waals surface area (Å²) in [6.07, 6.45) is 2.24. The molecule has 0 spiro atoms. The monoisotopic (exact) mass is 367 g/mol. The Morgan fingerprint density at radius 3 is 2.87 bits per heavy atom. The first kappa shape index (κ1) is 15.9. The molecule has 0 saturated carbocycles. The summed E-state index contributed by atoms with van der Waals surface area (Å²) in [7, 11) is 0. The van der Waals surface area contributed by atoms with E-state index in [-0.39, 0.29) is 5.89 Å². The summed E-state index contributed by atoms with van der Waals surface area (Å²) in [4.78, 5) is 12.0. The van der Waals surface area contributed by atoms with E-state index in [2.05, 4.69) is 25.7 Å². The van der Waals surface area contributed by atoms with Crippen LogP contribution < -0.4 is 5.32 Å². The van der Waals surface area contributed by atoms with Crippen molar-refractivity contribution in [1.29, 1.82) is 0 Å². The molecule has 118 valence electrons. The van der Waals surface area contributed by atoms with E-state index in [9.17, 15) is 4.79 Å². The standard InChI is InChI=1S/C13H10ClN5O2S2/c1-22-13-19-18-12(23-13)15-10(20)11-17-16-9(21-11)6-7-4-2-3-5-8(7)14/h2-5H,6H2,1H3,(H,15,18,20). The summed E-state index contributed by atoms with van der Waals surface area (Å²) in [6, 6.07) is 7.34. The van der Waals surface area contributed by atoms with Crippen molar-refractivity contribution >= 4 is 45.7 Å². The van der Waals surface area contributed by atoms with Gasteiger partial charge < -0.3 is 4.42 Å². The predicted molar refractivity (Wildman–Crippen MR) is 88.2 cm³/mol. The van der Waals surface area contributed by atoms with Crippen LogP contribution in [0.5, 0.6) is 0 Å². The van der Waals surface area contributed by atoms with Crippen LogP contribution in [0.25, 0.3) is 0 Å². The molecule has 0 aliphatic rings. The Bertz CT molecular complexity index is 835. The summed E-state index contributed by atoms with van der Waals surface area (Å²) >= 11 is 8.80. The SMILES string of the molecule is CSc1nnc(NC(=O)c2nnc(Cc3ccccc3Cl)o2)s1. The number of rotatable bonds is 5. The molecule has 0 fully saturated rings. The Morgan fingerprint density at radius 1 is 1.30 bits per heavy atom. The molecule has 0 bridgehead atoms. The second-order valence-electron chi connectivity index (χ2n) is 4.30. The lowest BCUT2D eigenvalue weighted by Crippen LogP contribution is -2.12. The summed E-state index contributed by atoms with van der Waals surface area (Å²) < 4.78 is 6.12. The molecule has 0 unspecified atom stereocenters. The molecule has 3 rings (SSSR count). The van der Waals surface area contributed by atoms with Crippen LogP contribution >= 0.6 is 34.7 Å². The van der Waals surface area contributed by atoms with Gasteiger partial charge >= 0.3 is 11.8 Å². The quantitative estimate of drug-likeness (QED) is 0.546. The van der Waals surface area contributed by atoms with Gasteiger partial charge in [0.15, 0.2) is 4.34 Å². The van der Waals surface area contributed by atoms with Gasteiger partial charge in [-0.1, -0.05) is 52.9 Å². The second-order valence-corrected chi connectivity index (χ2v) is 6.74. The van der Waals surface area contributed by atoms with Crippen molar-refractivity contribution in [1.82, 2.24) is 20.4 Å². The highest BCUT2D eigenvalue weighted by molar-refractivity contribution is 8.00. The van der Waals surface area contributed by atoms with Gasteiger partial charge in [0.1, 0.15) is 0 Å². The molecule has 0 radical (unpaired) electrons. The molecule has 3 aromatic rings. The van der Waals surface area contributed by atoms with Gasteiger partial charge in [-0.2, -0.15) is 0 Å². The van der Waals surface area contributed by atoms with E-state index in [1.807, 2.05) is 24.5 Å². The number of benzene rings is 1. The minimum atomic E-state index is -0.522. The highest BCUT2D eigenvalue weighted by Crippen LogP contribution is 2.23. The molecule has 10 heteroatoms. The predicted octanol–water partition coefficient (Wildman–Crippen LogP) is 3.14. The molecule has 2 aromatic heterocycles. The normalized spacial score (nSPS) is 10.7. The number of aromatic nitrogens is 4. The van der Waals surface area contributed by atoms with Crippen LogP contribution in [0.3, 0.4) is 0 Å². The first-order valence-corrected chi connectivity index (χ1v) is 8.82. The van der Waals surface area contributed by atoms with E-state index in [1.54, 1.807) is 6.07 Å². The lowest BCUT2D eigenvalue weighted by atomic mass is 10.1. The third-order valence-corrected chi connectivity index (χ3v) is 4.95. The molecule has 1 aromatic carbocycles. The van der Waals surface area contributed by atoms with Gasteiger partial charge in [-0.05, 0) is 17.9 Å². The lowest BCUT2D eigenvalue weighted by Gasteiger charge is -1.99. The maximum Gasteiger partial charge on any atom is 0.315 e. The average molecular weight is 368 g/mol. The van der Waals surface area contributed by atoms with Gasteiger partial charge in [-0.15, -0.1) is 20.4 Å². The van der Waals surface area contributed by atoms with Crippen LogP contribution in [0.1, 0.15) is 22.1 Å². The summed E-state index contributed by atoms with van der Waals surface area (Å²) in [5.41, 5.74) is 0.846. The minimum absolute atomic E-state index is 0.132. The van der Waals surface area contributed by atoms with Crippen molar-refractivity contribution in [2.45, 2.75) is 10.8 Å². The zero-order valence-electron chi connectivity index (χ0n) is 11.8. The van der Waals surface area contributed by atoms with Crippen molar-refractivity contribution < 1.29 is 9.21 Å². The van der Waals surface area contributed by atoms with Crippen LogP contribution in [0.15, 0.2) is 33.0 Å². The van der Waals surface area contributed by atoms with Crippen LogP contribution in [0, 0.1) is 0 Å².